The number of hydrogen-bond donors (Lipinski definition) is 1. The highest BCUT2D eigenvalue weighted by atomic mass is 16.5. The van der Waals surface area contributed by atoms with Gasteiger partial charge in [-0.2, -0.15) is 0 Å². The molecule has 1 aromatic rings. The van der Waals surface area contributed by atoms with Gasteiger partial charge in [-0.05, 0) is 11.6 Å². The van der Waals surface area contributed by atoms with Crippen molar-refractivity contribution in [2.45, 2.75) is 0 Å². The van der Waals surface area contributed by atoms with Crippen LogP contribution in [0.3, 0.4) is 0 Å². The summed E-state index contributed by atoms with van der Waals surface area (Å²) in [5, 5.41) is 2.92. The van der Waals surface area contributed by atoms with Gasteiger partial charge in [-0.25, -0.2) is 4.79 Å². The van der Waals surface area contributed by atoms with Crippen molar-refractivity contribution in [1.29, 1.82) is 0 Å². The number of carbonyl (C=O) groups is 1. The molecular weight excluding hydrogens is 190 g/mol. The van der Waals surface area contributed by atoms with E-state index in [-0.39, 0.29) is 5.97 Å². The molecule has 1 heterocycles. The van der Waals surface area contributed by atoms with E-state index >= 15 is 0 Å². The number of carbonyl (C=O) groups excluding carboxylic acids is 1. The normalized spacial score (nSPS) is 13.7. The first-order chi connectivity index (χ1) is 7.22. The molecule has 76 valence electrons. The van der Waals surface area contributed by atoms with Crippen molar-refractivity contribution in [2.75, 3.05) is 7.11 Å². The lowest BCUT2D eigenvalue weighted by Gasteiger charge is -2.19. The molecule has 0 saturated heterocycles. The maximum Gasteiger partial charge on any atom is 0.354 e. The van der Waals surface area contributed by atoms with Gasteiger partial charge in [-0.1, -0.05) is 30.8 Å². The Hall–Kier alpha value is -2.03. The van der Waals surface area contributed by atoms with Crippen LogP contribution in [-0.4, -0.2) is 13.1 Å². The second-order valence-corrected chi connectivity index (χ2v) is 3.24. The van der Waals surface area contributed by atoms with Crippen LogP contribution < -0.4 is 5.32 Å². The Morgan fingerprint density at radius 3 is 2.87 bits per heavy atom. The van der Waals surface area contributed by atoms with Crippen molar-refractivity contribution in [1.82, 2.24) is 5.32 Å². The number of fused-ring (bicyclic) bond motifs is 1. The predicted molar refractivity (Wildman–Crippen MR) is 58.6 cm³/mol. The third kappa shape index (κ3) is 1.64. The highest BCUT2D eigenvalue weighted by Crippen LogP contribution is 2.24. The maximum absolute atomic E-state index is 11.3. The topological polar surface area (TPSA) is 38.3 Å². The predicted octanol–water partition coefficient (Wildman–Crippen LogP) is 1.77. The summed E-state index contributed by atoms with van der Waals surface area (Å²) in [7, 11) is 1.36. The molecule has 3 heteroatoms. The summed E-state index contributed by atoms with van der Waals surface area (Å²) in [6.07, 6.45) is 1.76. The average Bonchev–Trinajstić information content (AvgIpc) is 2.28. The first kappa shape index (κ1) is 9.52. The minimum atomic E-state index is -0.384. The van der Waals surface area contributed by atoms with Gasteiger partial charge in [0.05, 0.1) is 7.11 Å². The van der Waals surface area contributed by atoms with Crippen LogP contribution in [0.1, 0.15) is 11.1 Å². The van der Waals surface area contributed by atoms with Crippen LogP contribution in [-0.2, 0) is 9.53 Å². The van der Waals surface area contributed by atoms with Crippen LogP contribution in [0.4, 0.5) is 0 Å². The molecule has 1 N–H and O–H groups in total. The largest absolute Gasteiger partial charge is 0.464 e. The van der Waals surface area contributed by atoms with E-state index in [4.69, 9.17) is 0 Å². The molecule has 1 aliphatic rings. The molecule has 0 radical (unpaired) electrons. The number of nitrogens with one attached hydrogen (secondary N) is 1. The number of benzene rings is 1. The number of ether oxygens (including phenoxy) is 1. The minimum absolute atomic E-state index is 0.384. The van der Waals surface area contributed by atoms with Crippen LogP contribution in [0.15, 0.2) is 36.5 Å². The first-order valence-electron chi connectivity index (χ1n) is 4.57. The van der Waals surface area contributed by atoms with E-state index in [0.29, 0.717) is 11.4 Å². The fourth-order valence-corrected chi connectivity index (χ4v) is 1.54. The van der Waals surface area contributed by atoms with Gasteiger partial charge < -0.3 is 10.1 Å². The van der Waals surface area contributed by atoms with Crippen LogP contribution >= 0.6 is 0 Å². The smallest absolute Gasteiger partial charge is 0.354 e. The third-order valence-corrected chi connectivity index (χ3v) is 2.28. The molecule has 0 saturated carbocycles. The summed E-state index contributed by atoms with van der Waals surface area (Å²) in [4.78, 5) is 11.3. The monoisotopic (exact) mass is 201 g/mol. The highest BCUT2D eigenvalue weighted by Gasteiger charge is 2.17. The van der Waals surface area contributed by atoms with Crippen molar-refractivity contribution in [3.05, 3.63) is 47.7 Å². The van der Waals surface area contributed by atoms with Crippen LogP contribution in [0, 0.1) is 0 Å². The molecular formula is C12H11NO2. The molecule has 0 aromatic heterocycles. The standard InChI is InChI=1S/C12H11NO2/c1-8-10-6-4-3-5-9(10)7-11(13-8)12(14)15-2/h3-7,13H,1H2,2H3. The fraction of sp³-hybridized carbons (Fsp3) is 0.0833. The van der Waals surface area contributed by atoms with Gasteiger partial charge in [0.2, 0.25) is 0 Å². The van der Waals surface area contributed by atoms with Crippen molar-refractivity contribution in [3.8, 4) is 0 Å². The van der Waals surface area contributed by atoms with E-state index in [1.54, 1.807) is 6.08 Å². The Labute approximate surface area is 88.1 Å². The summed E-state index contributed by atoms with van der Waals surface area (Å²) in [5.74, 6) is -0.384. The van der Waals surface area contributed by atoms with Gasteiger partial charge in [0, 0.05) is 11.3 Å². The van der Waals surface area contributed by atoms with Crippen molar-refractivity contribution in [2.24, 2.45) is 0 Å². The van der Waals surface area contributed by atoms with Crippen LogP contribution in [0.5, 0.6) is 0 Å². The average molecular weight is 201 g/mol. The van der Waals surface area contributed by atoms with Crippen LogP contribution in [0.2, 0.25) is 0 Å². The number of esters is 1. The van der Waals surface area contributed by atoms with E-state index in [9.17, 15) is 4.79 Å². The second kappa shape index (κ2) is 3.61. The molecule has 0 unspecified atom stereocenters. The van der Waals surface area contributed by atoms with Gasteiger partial charge in [0.15, 0.2) is 0 Å². The highest BCUT2D eigenvalue weighted by molar-refractivity contribution is 5.98. The van der Waals surface area contributed by atoms with Gasteiger partial charge in [0.25, 0.3) is 0 Å². The van der Waals surface area contributed by atoms with E-state index in [1.807, 2.05) is 24.3 Å². The molecule has 0 amide bonds. The molecule has 0 aliphatic carbocycles. The number of methoxy groups -OCH3 is 1. The molecule has 1 aliphatic heterocycles. The number of rotatable bonds is 1. The van der Waals surface area contributed by atoms with Crippen molar-refractivity contribution in [3.63, 3.8) is 0 Å². The SMILES string of the molecule is C=C1NC(C(=O)OC)=Cc2ccccc21. The Bertz CT molecular complexity index is 460. The first-order valence-corrected chi connectivity index (χ1v) is 4.57. The Kier molecular flexibility index (Phi) is 2.29. The Balaban J connectivity index is 2.47. The molecule has 15 heavy (non-hydrogen) atoms. The molecule has 2 rings (SSSR count). The lowest BCUT2D eigenvalue weighted by molar-refractivity contribution is -0.136. The molecule has 0 spiro atoms. The van der Waals surface area contributed by atoms with Gasteiger partial charge in [-0.3, -0.25) is 0 Å². The zero-order valence-electron chi connectivity index (χ0n) is 8.41. The zero-order valence-corrected chi connectivity index (χ0v) is 8.41. The molecule has 1 aromatic carbocycles. The van der Waals surface area contributed by atoms with Crippen molar-refractivity contribution < 1.29 is 9.53 Å². The third-order valence-electron chi connectivity index (χ3n) is 2.28. The second-order valence-electron chi connectivity index (χ2n) is 3.24. The summed E-state index contributed by atoms with van der Waals surface area (Å²) in [6, 6.07) is 7.74. The summed E-state index contributed by atoms with van der Waals surface area (Å²) < 4.78 is 4.64. The molecule has 3 nitrogen and oxygen atoms in total. The molecule has 0 bridgehead atoms. The lowest BCUT2D eigenvalue weighted by Crippen LogP contribution is -2.23. The Morgan fingerprint density at radius 2 is 2.13 bits per heavy atom. The van der Waals surface area contributed by atoms with E-state index in [0.717, 1.165) is 11.1 Å². The quantitative estimate of drug-likeness (QED) is 0.704. The van der Waals surface area contributed by atoms with Gasteiger partial charge >= 0.3 is 5.97 Å². The summed E-state index contributed by atoms with van der Waals surface area (Å²) >= 11 is 0. The van der Waals surface area contributed by atoms with E-state index in [2.05, 4.69) is 16.6 Å². The summed E-state index contributed by atoms with van der Waals surface area (Å²) in [5.41, 5.74) is 3.11. The Morgan fingerprint density at radius 1 is 1.40 bits per heavy atom. The lowest BCUT2D eigenvalue weighted by atomic mass is 10.0. The van der Waals surface area contributed by atoms with Crippen LogP contribution in [0.25, 0.3) is 11.8 Å². The van der Waals surface area contributed by atoms with Gasteiger partial charge in [0.1, 0.15) is 5.70 Å². The van der Waals surface area contributed by atoms with Gasteiger partial charge in [-0.15, -0.1) is 0 Å². The van der Waals surface area contributed by atoms with Crippen molar-refractivity contribution >= 4 is 17.7 Å². The van der Waals surface area contributed by atoms with E-state index < -0.39 is 0 Å². The number of hydrogen-bond acceptors (Lipinski definition) is 3. The summed E-state index contributed by atoms with van der Waals surface area (Å²) in [6.45, 7) is 3.86. The zero-order chi connectivity index (χ0) is 10.8. The minimum Gasteiger partial charge on any atom is -0.464 e. The maximum atomic E-state index is 11.3. The molecule has 0 atom stereocenters. The van der Waals surface area contributed by atoms with E-state index in [1.165, 1.54) is 7.11 Å². The fourth-order valence-electron chi connectivity index (χ4n) is 1.54. The molecule has 0 fully saturated rings.